The zero-order valence-corrected chi connectivity index (χ0v) is 14.6. The first-order valence-electron chi connectivity index (χ1n) is 8.83. The smallest absolute Gasteiger partial charge is 0.255 e. The van der Waals surface area contributed by atoms with Gasteiger partial charge in [0, 0.05) is 5.56 Å². The molecule has 0 spiro atoms. The zero-order chi connectivity index (χ0) is 18.6. The van der Waals surface area contributed by atoms with E-state index in [1.165, 1.54) is 41.2 Å². The Kier molecular flexibility index (Phi) is 4.88. The summed E-state index contributed by atoms with van der Waals surface area (Å²) in [6.45, 7) is 2.11. The molecule has 0 bridgehead atoms. The van der Waals surface area contributed by atoms with Crippen LogP contribution in [0.4, 0.5) is 10.1 Å². The number of amides is 1. The summed E-state index contributed by atoms with van der Waals surface area (Å²) in [4.78, 5) is 12.5. The standard InChI is InChI=1S/C19H19FN6O/c20-17-6-5-16(26-12-22-24-25-26)10-18(17)23-19(27)15-3-1-13(2-4-15)9-14-7-8-21-11-14/h1-6,10,12,14,21H,7-9,11H2,(H,23,27). The third-order valence-electron chi connectivity index (χ3n) is 4.71. The first-order valence-corrected chi connectivity index (χ1v) is 8.83. The fraction of sp³-hybridized carbons (Fsp3) is 0.263. The summed E-state index contributed by atoms with van der Waals surface area (Å²) in [6.07, 6.45) is 3.58. The highest BCUT2D eigenvalue weighted by atomic mass is 19.1. The Morgan fingerprint density at radius 3 is 2.81 bits per heavy atom. The summed E-state index contributed by atoms with van der Waals surface area (Å²) in [5.74, 6) is -0.241. The summed E-state index contributed by atoms with van der Waals surface area (Å²) in [5, 5.41) is 16.8. The lowest BCUT2D eigenvalue weighted by Crippen LogP contribution is -2.14. The number of carbonyl (C=O) groups excluding carboxylic acids is 1. The number of rotatable bonds is 5. The molecular formula is C19H19FN6O. The van der Waals surface area contributed by atoms with Crippen molar-refractivity contribution >= 4 is 11.6 Å². The number of nitrogens with zero attached hydrogens (tertiary/aromatic N) is 4. The Balaban J connectivity index is 1.46. The Morgan fingerprint density at radius 2 is 2.11 bits per heavy atom. The number of anilines is 1. The van der Waals surface area contributed by atoms with Crippen LogP contribution in [0.1, 0.15) is 22.3 Å². The Morgan fingerprint density at radius 1 is 1.26 bits per heavy atom. The van der Waals surface area contributed by atoms with Gasteiger partial charge in [0.25, 0.3) is 5.91 Å². The number of benzene rings is 2. The molecule has 27 heavy (non-hydrogen) atoms. The van der Waals surface area contributed by atoms with E-state index in [4.69, 9.17) is 0 Å². The van der Waals surface area contributed by atoms with Crippen molar-refractivity contribution in [3.8, 4) is 5.69 Å². The lowest BCUT2D eigenvalue weighted by Gasteiger charge is -2.10. The first-order chi connectivity index (χ1) is 13.2. The second kappa shape index (κ2) is 7.63. The average Bonchev–Trinajstić information content (AvgIpc) is 3.38. The Bertz CT molecular complexity index is 920. The van der Waals surface area contributed by atoms with Crippen LogP contribution in [0.2, 0.25) is 0 Å². The fourth-order valence-electron chi connectivity index (χ4n) is 3.24. The highest BCUT2D eigenvalue weighted by Gasteiger charge is 2.15. The second-order valence-electron chi connectivity index (χ2n) is 6.63. The van der Waals surface area contributed by atoms with Crippen molar-refractivity contribution in [3.63, 3.8) is 0 Å². The van der Waals surface area contributed by atoms with Crippen LogP contribution in [0.5, 0.6) is 0 Å². The SMILES string of the molecule is O=C(Nc1cc(-n2cnnn2)ccc1F)c1ccc(CC2CCNC2)cc1. The van der Waals surface area contributed by atoms with Gasteiger partial charge in [0.05, 0.1) is 11.4 Å². The molecule has 4 rings (SSSR count). The van der Waals surface area contributed by atoms with Gasteiger partial charge in [-0.05, 0) is 78.2 Å². The molecule has 0 aliphatic carbocycles. The van der Waals surface area contributed by atoms with Gasteiger partial charge in [0.2, 0.25) is 0 Å². The molecular weight excluding hydrogens is 347 g/mol. The highest BCUT2D eigenvalue weighted by molar-refractivity contribution is 6.04. The summed E-state index contributed by atoms with van der Waals surface area (Å²) in [5.41, 5.74) is 2.31. The fourth-order valence-corrected chi connectivity index (χ4v) is 3.24. The van der Waals surface area contributed by atoms with Gasteiger partial charge in [0.1, 0.15) is 12.1 Å². The molecule has 1 aliphatic rings. The predicted octanol–water partition coefficient (Wildman–Crippen LogP) is 2.21. The normalized spacial score (nSPS) is 16.4. The Labute approximate surface area is 155 Å². The van der Waals surface area contributed by atoms with Gasteiger partial charge in [-0.15, -0.1) is 5.10 Å². The van der Waals surface area contributed by atoms with Crippen molar-refractivity contribution in [2.75, 3.05) is 18.4 Å². The van der Waals surface area contributed by atoms with Gasteiger partial charge >= 0.3 is 0 Å². The number of hydrogen-bond donors (Lipinski definition) is 2. The highest BCUT2D eigenvalue weighted by Crippen LogP contribution is 2.20. The molecule has 2 aromatic carbocycles. The topological polar surface area (TPSA) is 84.7 Å². The molecule has 2 heterocycles. The van der Waals surface area contributed by atoms with E-state index in [2.05, 4.69) is 26.2 Å². The van der Waals surface area contributed by atoms with Crippen LogP contribution in [0.3, 0.4) is 0 Å². The van der Waals surface area contributed by atoms with E-state index in [1.807, 2.05) is 12.1 Å². The van der Waals surface area contributed by atoms with Gasteiger partial charge in [-0.25, -0.2) is 9.07 Å². The van der Waals surface area contributed by atoms with E-state index in [9.17, 15) is 9.18 Å². The van der Waals surface area contributed by atoms with Crippen LogP contribution in [0.15, 0.2) is 48.8 Å². The van der Waals surface area contributed by atoms with Gasteiger partial charge in [0.15, 0.2) is 0 Å². The first kappa shape index (κ1) is 17.3. The molecule has 1 amide bonds. The minimum atomic E-state index is -0.523. The van der Waals surface area contributed by atoms with Crippen LogP contribution < -0.4 is 10.6 Å². The summed E-state index contributed by atoms with van der Waals surface area (Å²) < 4.78 is 15.5. The van der Waals surface area contributed by atoms with Gasteiger partial charge in [-0.2, -0.15) is 0 Å². The molecule has 1 aromatic heterocycles. The molecule has 138 valence electrons. The predicted molar refractivity (Wildman–Crippen MR) is 98.2 cm³/mol. The van der Waals surface area contributed by atoms with Crippen molar-refractivity contribution in [1.82, 2.24) is 25.5 Å². The maximum absolute atomic E-state index is 14.1. The van der Waals surface area contributed by atoms with Crippen LogP contribution in [-0.4, -0.2) is 39.2 Å². The number of halogens is 1. The van der Waals surface area contributed by atoms with Crippen LogP contribution >= 0.6 is 0 Å². The largest absolute Gasteiger partial charge is 0.319 e. The number of carbonyl (C=O) groups is 1. The summed E-state index contributed by atoms with van der Waals surface area (Å²) in [6, 6.07) is 11.8. The maximum atomic E-state index is 14.1. The summed E-state index contributed by atoms with van der Waals surface area (Å²) >= 11 is 0. The Hall–Kier alpha value is -3.13. The number of tetrazole rings is 1. The van der Waals surface area contributed by atoms with E-state index in [1.54, 1.807) is 12.1 Å². The van der Waals surface area contributed by atoms with Crippen molar-refractivity contribution in [3.05, 3.63) is 65.7 Å². The van der Waals surface area contributed by atoms with E-state index in [0.29, 0.717) is 17.2 Å². The van der Waals surface area contributed by atoms with E-state index in [0.717, 1.165) is 19.5 Å². The molecule has 0 saturated carbocycles. The third kappa shape index (κ3) is 4.01. The molecule has 8 heteroatoms. The zero-order valence-electron chi connectivity index (χ0n) is 14.6. The monoisotopic (exact) mass is 366 g/mol. The molecule has 2 N–H and O–H groups in total. The lowest BCUT2D eigenvalue weighted by atomic mass is 9.98. The van der Waals surface area contributed by atoms with Crippen molar-refractivity contribution in [2.45, 2.75) is 12.8 Å². The number of aromatic nitrogens is 4. The molecule has 1 unspecified atom stereocenters. The van der Waals surface area contributed by atoms with E-state index >= 15 is 0 Å². The van der Waals surface area contributed by atoms with Crippen molar-refractivity contribution in [1.29, 1.82) is 0 Å². The van der Waals surface area contributed by atoms with E-state index < -0.39 is 5.82 Å². The molecule has 0 radical (unpaired) electrons. The third-order valence-corrected chi connectivity index (χ3v) is 4.71. The summed E-state index contributed by atoms with van der Waals surface area (Å²) in [7, 11) is 0. The van der Waals surface area contributed by atoms with Gasteiger partial charge in [-0.1, -0.05) is 12.1 Å². The van der Waals surface area contributed by atoms with Crippen molar-refractivity contribution in [2.24, 2.45) is 5.92 Å². The molecule has 1 saturated heterocycles. The van der Waals surface area contributed by atoms with Crippen molar-refractivity contribution < 1.29 is 9.18 Å². The van der Waals surface area contributed by atoms with Gasteiger partial charge in [-0.3, -0.25) is 4.79 Å². The van der Waals surface area contributed by atoms with Gasteiger partial charge < -0.3 is 10.6 Å². The molecule has 1 fully saturated rings. The second-order valence-corrected chi connectivity index (χ2v) is 6.63. The quantitative estimate of drug-likeness (QED) is 0.723. The average molecular weight is 366 g/mol. The number of hydrogen-bond acceptors (Lipinski definition) is 5. The lowest BCUT2D eigenvalue weighted by molar-refractivity contribution is 0.102. The van der Waals surface area contributed by atoms with E-state index in [-0.39, 0.29) is 11.6 Å². The minimum Gasteiger partial charge on any atom is -0.319 e. The number of nitrogens with one attached hydrogen (secondary N) is 2. The molecule has 1 aliphatic heterocycles. The molecule has 1 atom stereocenters. The van der Waals surface area contributed by atoms with Crippen LogP contribution in [0, 0.1) is 11.7 Å². The van der Waals surface area contributed by atoms with Crippen LogP contribution in [-0.2, 0) is 6.42 Å². The van der Waals surface area contributed by atoms with Crippen LogP contribution in [0.25, 0.3) is 5.69 Å². The molecule has 7 nitrogen and oxygen atoms in total. The minimum absolute atomic E-state index is 0.0779. The maximum Gasteiger partial charge on any atom is 0.255 e. The molecule has 3 aromatic rings.